The lowest BCUT2D eigenvalue weighted by atomic mass is 9.86. The molecule has 0 saturated carbocycles. The third kappa shape index (κ3) is 2.22. The van der Waals surface area contributed by atoms with Crippen LogP contribution in [0.2, 0.25) is 0 Å². The molecule has 4 nitrogen and oxygen atoms in total. The number of benzene rings is 1. The van der Waals surface area contributed by atoms with Crippen molar-refractivity contribution in [2.75, 3.05) is 13.2 Å². The number of hydrogen-bond acceptors (Lipinski definition) is 3. The molecular weight excluding hydrogens is 286 g/mol. The van der Waals surface area contributed by atoms with E-state index < -0.39 is 11.5 Å². The number of nitrogens with two attached hydrogens (primary N) is 1. The first-order chi connectivity index (χ1) is 7.94. The lowest BCUT2D eigenvalue weighted by Crippen LogP contribution is -2.37. The number of rotatable bonds is 2. The van der Waals surface area contributed by atoms with Crippen molar-refractivity contribution < 1.29 is 14.6 Å². The van der Waals surface area contributed by atoms with Crippen LogP contribution in [0, 0.1) is 6.92 Å². The summed E-state index contributed by atoms with van der Waals surface area (Å²) in [6, 6.07) is 3.45. The van der Waals surface area contributed by atoms with Crippen LogP contribution >= 0.6 is 15.9 Å². The molecule has 0 amide bonds. The molecule has 0 aromatic heterocycles. The summed E-state index contributed by atoms with van der Waals surface area (Å²) in [6.45, 7) is 3.00. The smallest absolute Gasteiger partial charge is 0.336 e. The van der Waals surface area contributed by atoms with E-state index in [-0.39, 0.29) is 5.56 Å². The number of halogens is 1. The normalized spacial score (nSPS) is 23.9. The predicted octanol–water partition coefficient (Wildman–Crippen LogP) is 2.03. The van der Waals surface area contributed by atoms with Crippen LogP contribution in [-0.2, 0) is 10.3 Å². The van der Waals surface area contributed by atoms with Crippen LogP contribution in [-0.4, -0.2) is 24.3 Å². The predicted molar refractivity (Wildman–Crippen MR) is 67.1 cm³/mol. The van der Waals surface area contributed by atoms with Gasteiger partial charge in [-0.25, -0.2) is 4.79 Å². The summed E-state index contributed by atoms with van der Waals surface area (Å²) in [5.74, 6) is -0.944. The molecule has 1 aromatic rings. The highest BCUT2D eigenvalue weighted by molar-refractivity contribution is 9.10. The summed E-state index contributed by atoms with van der Waals surface area (Å²) in [6.07, 6.45) is 0.757. The van der Waals surface area contributed by atoms with Crippen LogP contribution in [0.5, 0.6) is 0 Å². The van der Waals surface area contributed by atoms with Gasteiger partial charge in [0.05, 0.1) is 17.7 Å². The molecule has 3 N–H and O–H groups in total. The molecule has 1 heterocycles. The van der Waals surface area contributed by atoms with E-state index in [4.69, 9.17) is 15.6 Å². The van der Waals surface area contributed by atoms with Gasteiger partial charge in [-0.1, -0.05) is 0 Å². The first-order valence-electron chi connectivity index (χ1n) is 5.34. The van der Waals surface area contributed by atoms with Crippen molar-refractivity contribution in [2.45, 2.75) is 18.9 Å². The molecule has 1 atom stereocenters. The van der Waals surface area contributed by atoms with Crippen molar-refractivity contribution >= 4 is 21.9 Å². The molecule has 1 saturated heterocycles. The van der Waals surface area contributed by atoms with Crippen molar-refractivity contribution in [1.82, 2.24) is 0 Å². The van der Waals surface area contributed by atoms with Gasteiger partial charge in [0.25, 0.3) is 0 Å². The lowest BCUT2D eigenvalue weighted by Gasteiger charge is -2.25. The number of ether oxygens (including phenoxy) is 1. The Labute approximate surface area is 108 Å². The minimum atomic E-state index is -0.944. The number of hydrogen-bond donors (Lipinski definition) is 2. The maximum Gasteiger partial charge on any atom is 0.336 e. The van der Waals surface area contributed by atoms with E-state index in [1.807, 2.05) is 6.92 Å². The Hall–Kier alpha value is -0.910. The Kier molecular flexibility index (Phi) is 3.25. The van der Waals surface area contributed by atoms with Gasteiger partial charge in [0.2, 0.25) is 0 Å². The molecule has 92 valence electrons. The van der Waals surface area contributed by atoms with Crippen LogP contribution in [0.15, 0.2) is 16.6 Å². The second-order valence-corrected chi connectivity index (χ2v) is 5.27. The largest absolute Gasteiger partial charge is 0.478 e. The second kappa shape index (κ2) is 4.40. The average molecular weight is 300 g/mol. The fourth-order valence-electron chi connectivity index (χ4n) is 2.17. The van der Waals surface area contributed by atoms with Gasteiger partial charge in [-0.15, -0.1) is 0 Å². The molecule has 1 aromatic carbocycles. The van der Waals surface area contributed by atoms with Crippen molar-refractivity contribution in [2.24, 2.45) is 5.73 Å². The highest BCUT2D eigenvalue weighted by Gasteiger charge is 2.34. The maximum atomic E-state index is 11.0. The van der Waals surface area contributed by atoms with Crippen molar-refractivity contribution in [1.29, 1.82) is 0 Å². The molecule has 1 aliphatic heterocycles. The molecule has 0 spiro atoms. The van der Waals surface area contributed by atoms with E-state index in [9.17, 15) is 4.79 Å². The topological polar surface area (TPSA) is 72.5 Å². The summed E-state index contributed by atoms with van der Waals surface area (Å²) in [5.41, 5.74) is 7.88. The van der Waals surface area contributed by atoms with Crippen LogP contribution in [0.25, 0.3) is 0 Å². The van der Waals surface area contributed by atoms with Gasteiger partial charge in [-0.05, 0) is 52.5 Å². The van der Waals surface area contributed by atoms with E-state index >= 15 is 0 Å². The number of aryl methyl sites for hydroxylation is 1. The number of carboxylic acid groups (broad SMARTS) is 1. The van der Waals surface area contributed by atoms with Gasteiger partial charge in [0, 0.05) is 11.1 Å². The number of aromatic carboxylic acids is 1. The first kappa shape index (κ1) is 12.5. The third-order valence-corrected chi connectivity index (χ3v) is 3.79. The molecule has 1 unspecified atom stereocenters. The van der Waals surface area contributed by atoms with Crippen LogP contribution in [0.4, 0.5) is 0 Å². The van der Waals surface area contributed by atoms with Crippen LogP contribution < -0.4 is 5.73 Å². The molecule has 1 fully saturated rings. The minimum Gasteiger partial charge on any atom is -0.478 e. The van der Waals surface area contributed by atoms with Crippen LogP contribution in [0.3, 0.4) is 0 Å². The molecule has 1 aliphatic rings. The van der Waals surface area contributed by atoms with E-state index in [0.717, 1.165) is 17.5 Å². The van der Waals surface area contributed by atoms with Gasteiger partial charge >= 0.3 is 5.97 Å². The number of carboxylic acids is 1. The molecule has 0 bridgehead atoms. The second-order valence-electron chi connectivity index (χ2n) is 4.41. The molecule has 0 radical (unpaired) electrons. The van der Waals surface area contributed by atoms with Gasteiger partial charge in [0.1, 0.15) is 0 Å². The monoisotopic (exact) mass is 299 g/mol. The fourth-order valence-corrected chi connectivity index (χ4v) is 2.69. The van der Waals surface area contributed by atoms with Crippen molar-refractivity contribution in [3.8, 4) is 0 Å². The first-order valence-corrected chi connectivity index (χ1v) is 6.14. The molecule has 5 heteroatoms. The van der Waals surface area contributed by atoms with Crippen molar-refractivity contribution in [3.05, 3.63) is 33.3 Å². The summed E-state index contributed by atoms with van der Waals surface area (Å²) in [5, 5.41) is 9.02. The standard InChI is InChI=1S/C12H14BrNO3/c1-7-4-8(11(15)16)10(13)5-9(7)12(14)2-3-17-6-12/h4-5H,2-3,6,14H2,1H3,(H,15,16). The maximum absolute atomic E-state index is 11.0. The zero-order valence-corrected chi connectivity index (χ0v) is 11.1. The highest BCUT2D eigenvalue weighted by atomic mass is 79.9. The minimum absolute atomic E-state index is 0.258. The van der Waals surface area contributed by atoms with E-state index in [0.29, 0.717) is 17.7 Å². The third-order valence-electron chi connectivity index (χ3n) is 3.13. The lowest BCUT2D eigenvalue weighted by molar-refractivity contribution is 0.0695. The Morgan fingerprint density at radius 3 is 2.82 bits per heavy atom. The summed E-state index contributed by atoms with van der Waals surface area (Å²) in [7, 11) is 0. The van der Waals surface area contributed by atoms with E-state index in [1.54, 1.807) is 12.1 Å². The summed E-state index contributed by atoms with van der Waals surface area (Å²) in [4.78, 5) is 11.0. The van der Waals surface area contributed by atoms with E-state index in [2.05, 4.69) is 15.9 Å². The zero-order valence-electron chi connectivity index (χ0n) is 9.50. The van der Waals surface area contributed by atoms with Crippen LogP contribution in [0.1, 0.15) is 27.9 Å². The summed E-state index contributed by atoms with van der Waals surface area (Å²) < 4.78 is 5.89. The van der Waals surface area contributed by atoms with Gasteiger partial charge in [-0.3, -0.25) is 0 Å². The fraction of sp³-hybridized carbons (Fsp3) is 0.417. The Morgan fingerprint density at radius 1 is 1.59 bits per heavy atom. The summed E-state index contributed by atoms with van der Waals surface area (Å²) >= 11 is 3.28. The quantitative estimate of drug-likeness (QED) is 0.876. The van der Waals surface area contributed by atoms with Crippen molar-refractivity contribution in [3.63, 3.8) is 0 Å². The zero-order chi connectivity index (χ0) is 12.6. The van der Waals surface area contributed by atoms with E-state index in [1.165, 1.54) is 0 Å². The SMILES string of the molecule is Cc1cc(C(=O)O)c(Br)cc1C1(N)CCOC1. The molecule has 2 rings (SSSR count). The Balaban J connectivity index is 2.50. The number of carbonyl (C=O) groups is 1. The highest BCUT2D eigenvalue weighted by Crippen LogP contribution is 2.33. The molecular formula is C12H14BrNO3. The Morgan fingerprint density at radius 2 is 2.29 bits per heavy atom. The van der Waals surface area contributed by atoms with Gasteiger partial charge < -0.3 is 15.6 Å². The molecule has 0 aliphatic carbocycles. The Bertz CT molecular complexity index is 467. The van der Waals surface area contributed by atoms with Gasteiger partial charge in [0.15, 0.2) is 0 Å². The molecule has 17 heavy (non-hydrogen) atoms. The van der Waals surface area contributed by atoms with Gasteiger partial charge in [-0.2, -0.15) is 0 Å². The average Bonchev–Trinajstić information content (AvgIpc) is 2.69.